The van der Waals surface area contributed by atoms with E-state index in [0.717, 1.165) is 19.3 Å². The topological polar surface area (TPSA) is 83.1 Å². The molecule has 4 bridgehead atoms. The molecule has 29 heavy (non-hydrogen) atoms. The molecule has 1 aromatic carbocycles. The molecule has 6 heteroatoms. The summed E-state index contributed by atoms with van der Waals surface area (Å²) >= 11 is 6.51. The van der Waals surface area contributed by atoms with Crippen LogP contribution < -0.4 is 9.47 Å². The summed E-state index contributed by atoms with van der Waals surface area (Å²) in [7, 11) is 0. The Labute approximate surface area is 174 Å². The zero-order valence-electron chi connectivity index (χ0n) is 16.0. The summed E-state index contributed by atoms with van der Waals surface area (Å²) in [4.78, 5) is 13.9. The second kappa shape index (κ2) is 5.67. The van der Waals surface area contributed by atoms with Crippen LogP contribution in [-0.4, -0.2) is 12.6 Å². The van der Waals surface area contributed by atoms with Crippen LogP contribution in [0.1, 0.15) is 50.0 Å². The molecule has 1 aliphatic heterocycles. The Morgan fingerprint density at radius 3 is 2.10 bits per heavy atom. The van der Waals surface area contributed by atoms with E-state index >= 15 is 0 Å². The van der Waals surface area contributed by atoms with Crippen LogP contribution in [0.25, 0.3) is 0 Å². The van der Waals surface area contributed by atoms with Crippen LogP contribution >= 0.6 is 11.6 Å². The fourth-order valence-corrected chi connectivity index (χ4v) is 7.66. The Bertz CT molecular complexity index is 971. The summed E-state index contributed by atoms with van der Waals surface area (Å²) in [6.45, 7) is 0.122. The summed E-state index contributed by atoms with van der Waals surface area (Å²) in [6, 6.07) is 7.82. The molecule has 1 heterocycles. The number of ether oxygens (including phenoxy) is 2. The number of nitriles is 2. The van der Waals surface area contributed by atoms with Crippen molar-refractivity contribution in [3.63, 3.8) is 0 Å². The van der Waals surface area contributed by atoms with Gasteiger partial charge in [0.15, 0.2) is 16.9 Å². The lowest BCUT2D eigenvalue weighted by Gasteiger charge is -2.56. The number of nitrogens with zero attached hydrogens (tertiary/aromatic N) is 2. The zero-order chi connectivity index (χ0) is 20.0. The molecule has 5 aliphatic carbocycles. The van der Waals surface area contributed by atoms with Crippen molar-refractivity contribution in [3.8, 4) is 23.6 Å². The first-order valence-corrected chi connectivity index (χ1v) is 10.8. The van der Waals surface area contributed by atoms with E-state index in [1.165, 1.54) is 19.3 Å². The van der Waals surface area contributed by atoms with Crippen LogP contribution in [0.4, 0.5) is 0 Å². The molecule has 1 aromatic rings. The monoisotopic (exact) mass is 408 g/mol. The van der Waals surface area contributed by atoms with Gasteiger partial charge in [0.2, 0.25) is 6.79 Å². The van der Waals surface area contributed by atoms with Crippen molar-refractivity contribution in [2.75, 3.05) is 6.79 Å². The minimum Gasteiger partial charge on any atom is -0.454 e. The van der Waals surface area contributed by atoms with Crippen LogP contribution in [0.3, 0.4) is 0 Å². The number of hydrogen-bond donors (Lipinski definition) is 0. The number of ketones is 1. The highest BCUT2D eigenvalue weighted by Gasteiger charge is 2.74. The second-order valence-electron chi connectivity index (χ2n) is 9.84. The lowest BCUT2D eigenvalue weighted by molar-refractivity contribution is -0.145. The molecule has 2 atom stereocenters. The van der Waals surface area contributed by atoms with Gasteiger partial charge in [-0.1, -0.05) is 11.6 Å². The highest BCUT2D eigenvalue weighted by molar-refractivity contribution is 6.31. The lowest BCUT2D eigenvalue weighted by Crippen LogP contribution is -2.50. The van der Waals surface area contributed by atoms with Gasteiger partial charge in [-0.25, -0.2) is 0 Å². The Morgan fingerprint density at radius 2 is 1.55 bits per heavy atom. The molecule has 7 rings (SSSR count). The van der Waals surface area contributed by atoms with Gasteiger partial charge in [-0.05, 0) is 67.9 Å². The summed E-state index contributed by atoms with van der Waals surface area (Å²) in [6.07, 6.45) is 6.54. The number of benzene rings is 1. The van der Waals surface area contributed by atoms with E-state index in [0.29, 0.717) is 39.8 Å². The molecule has 148 valence electrons. The smallest absolute Gasteiger partial charge is 0.231 e. The molecule has 5 fully saturated rings. The van der Waals surface area contributed by atoms with E-state index in [1.807, 2.05) is 0 Å². The Hall–Kier alpha value is -2.24. The standard InChI is InChI=1S/C23H21ClN2O3/c24-16-5-18-17(28-11-29-18)4-15(16)19-20(23(19,9-25)10-26)21(27)22-6-12-1-13(7-22)3-14(2-12)8-22/h4-5,12-14,19-20H,1-3,6-8,11H2/t12?,13?,14?,19-,20-,22?/m0/s1. The molecule has 0 amide bonds. The van der Waals surface area contributed by atoms with Crippen molar-refractivity contribution in [1.82, 2.24) is 0 Å². The van der Waals surface area contributed by atoms with Gasteiger partial charge < -0.3 is 9.47 Å². The van der Waals surface area contributed by atoms with Crippen LogP contribution in [-0.2, 0) is 4.79 Å². The predicted molar refractivity (Wildman–Crippen MR) is 103 cm³/mol. The molecular formula is C23H21ClN2O3. The van der Waals surface area contributed by atoms with Crippen LogP contribution in [0.15, 0.2) is 12.1 Å². The minimum atomic E-state index is -1.34. The van der Waals surface area contributed by atoms with Crippen LogP contribution in [0, 0.1) is 57.2 Å². The van der Waals surface area contributed by atoms with Gasteiger partial charge in [0.05, 0.1) is 18.1 Å². The first kappa shape index (κ1) is 17.6. The molecular weight excluding hydrogens is 388 g/mol. The largest absolute Gasteiger partial charge is 0.454 e. The van der Waals surface area contributed by atoms with Crippen molar-refractivity contribution >= 4 is 17.4 Å². The summed E-state index contributed by atoms with van der Waals surface area (Å²) < 4.78 is 10.8. The number of Topliss-reactive ketones (excluding diaryl/α,β-unsaturated/α-hetero) is 1. The first-order valence-electron chi connectivity index (χ1n) is 10.5. The molecule has 5 nitrogen and oxygen atoms in total. The van der Waals surface area contributed by atoms with Crippen molar-refractivity contribution in [2.24, 2.45) is 34.5 Å². The van der Waals surface area contributed by atoms with Gasteiger partial charge in [0, 0.05) is 22.4 Å². The molecule has 0 radical (unpaired) electrons. The van der Waals surface area contributed by atoms with E-state index < -0.39 is 17.3 Å². The first-order chi connectivity index (χ1) is 14.0. The Kier molecular flexibility index (Phi) is 3.44. The SMILES string of the molecule is N#CC1(C#N)[C@H](C(=O)C23CC4CC(CC(C4)C2)C3)[C@@H]1c1cc2c(cc1Cl)OCO2. The number of carbonyl (C=O) groups excluding carboxylic acids is 1. The van der Waals surface area contributed by atoms with E-state index in [4.69, 9.17) is 21.1 Å². The third kappa shape index (κ3) is 2.23. The molecule has 0 aromatic heterocycles. The van der Waals surface area contributed by atoms with Crippen molar-refractivity contribution in [1.29, 1.82) is 10.5 Å². The lowest BCUT2D eigenvalue weighted by atomic mass is 9.48. The third-order valence-electron chi connectivity index (χ3n) is 8.25. The minimum absolute atomic E-state index is 0.122. The average molecular weight is 409 g/mol. The molecule has 0 N–H and O–H groups in total. The third-order valence-corrected chi connectivity index (χ3v) is 8.57. The van der Waals surface area contributed by atoms with Crippen molar-refractivity contribution < 1.29 is 14.3 Å². The molecule has 0 spiro atoms. The molecule has 0 saturated heterocycles. The van der Waals surface area contributed by atoms with E-state index in [-0.39, 0.29) is 18.0 Å². The normalized spacial score (nSPS) is 39.6. The van der Waals surface area contributed by atoms with Gasteiger partial charge in [-0.2, -0.15) is 10.5 Å². The highest BCUT2D eigenvalue weighted by atomic mass is 35.5. The maximum absolute atomic E-state index is 13.9. The Balaban J connectivity index is 1.39. The number of rotatable bonds is 3. The van der Waals surface area contributed by atoms with E-state index in [2.05, 4.69) is 12.1 Å². The average Bonchev–Trinajstić information content (AvgIpc) is 3.14. The summed E-state index contributed by atoms with van der Waals surface area (Å²) in [5, 5.41) is 20.3. The quantitative estimate of drug-likeness (QED) is 0.729. The van der Waals surface area contributed by atoms with Gasteiger partial charge >= 0.3 is 0 Å². The second-order valence-corrected chi connectivity index (χ2v) is 10.2. The zero-order valence-corrected chi connectivity index (χ0v) is 16.7. The van der Waals surface area contributed by atoms with Crippen molar-refractivity contribution in [2.45, 2.75) is 44.4 Å². The van der Waals surface area contributed by atoms with Gasteiger partial charge in [-0.15, -0.1) is 0 Å². The van der Waals surface area contributed by atoms with Gasteiger partial charge in [0.1, 0.15) is 5.78 Å². The van der Waals surface area contributed by atoms with Gasteiger partial charge in [-0.3, -0.25) is 4.79 Å². The number of hydrogen-bond acceptors (Lipinski definition) is 5. The Morgan fingerprint density at radius 1 is 1.00 bits per heavy atom. The highest BCUT2D eigenvalue weighted by Crippen LogP contribution is 2.71. The van der Waals surface area contributed by atoms with E-state index in [1.54, 1.807) is 12.1 Å². The fourth-order valence-electron chi connectivity index (χ4n) is 7.39. The van der Waals surface area contributed by atoms with Crippen LogP contribution in [0.5, 0.6) is 11.5 Å². The summed E-state index contributed by atoms with van der Waals surface area (Å²) in [5.74, 6) is 2.05. The predicted octanol–water partition coefficient (Wildman–Crippen LogP) is 4.60. The molecule has 5 saturated carbocycles. The number of carbonyl (C=O) groups is 1. The number of fused-ring (bicyclic) bond motifs is 1. The van der Waals surface area contributed by atoms with Crippen molar-refractivity contribution in [3.05, 3.63) is 22.7 Å². The number of halogens is 1. The summed E-state index contributed by atoms with van der Waals surface area (Å²) in [5.41, 5.74) is -1.02. The maximum atomic E-state index is 13.9. The molecule has 6 aliphatic rings. The maximum Gasteiger partial charge on any atom is 0.231 e. The van der Waals surface area contributed by atoms with Gasteiger partial charge in [0.25, 0.3) is 0 Å². The van der Waals surface area contributed by atoms with Crippen LogP contribution in [0.2, 0.25) is 5.02 Å². The fraction of sp³-hybridized carbons (Fsp3) is 0.609. The molecule has 0 unspecified atom stereocenters. The van der Waals surface area contributed by atoms with E-state index in [9.17, 15) is 15.3 Å².